The molecule has 1 aromatic heterocycles. The molecule has 1 N–H and O–H groups in total. The molecule has 1 amide bonds. The van der Waals surface area contributed by atoms with Crippen LogP contribution >= 0.6 is 0 Å². The Balaban J connectivity index is 1.58. The maximum absolute atomic E-state index is 13.1. The average Bonchev–Trinajstić information content (AvgIpc) is 3.57. The van der Waals surface area contributed by atoms with Crippen molar-refractivity contribution >= 4 is 27.0 Å². The number of hydrogen-bond acceptors (Lipinski definition) is 4. The molecule has 8 heteroatoms. The molecule has 2 aliphatic carbocycles. The molecule has 7 nitrogen and oxygen atoms in total. The number of fused-ring (bicyclic) bond motifs is 7. The third kappa shape index (κ3) is 3.95. The molecule has 38 heavy (non-hydrogen) atoms. The molecule has 2 atom stereocenters. The molecule has 0 radical (unpaired) electrons. The highest BCUT2D eigenvalue weighted by molar-refractivity contribution is 7.87. The predicted octanol–water partition coefficient (Wildman–Crippen LogP) is 5.80. The smallest absolute Gasteiger partial charge is 0.303 e. The fourth-order valence-corrected chi connectivity index (χ4v) is 7.53. The van der Waals surface area contributed by atoms with E-state index >= 15 is 0 Å². The van der Waals surface area contributed by atoms with Crippen LogP contribution in [-0.2, 0) is 16.8 Å². The third-order valence-electron chi connectivity index (χ3n) is 9.34. The van der Waals surface area contributed by atoms with E-state index in [2.05, 4.69) is 34.4 Å². The Bertz CT molecular complexity index is 1530. The number of rotatable bonds is 6. The number of amides is 1. The first-order valence-corrected chi connectivity index (χ1v) is 15.2. The minimum absolute atomic E-state index is 0.175. The summed E-state index contributed by atoms with van der Waals surface area (Å²) in [6.45, 7) is 3.17. The zero-order valence-electron chi connectivity index (χ0n) is 22.7. The lowest BCUT2D eigenvalue weighted by molar-refractivity contribution is 0.0980. The lowest BCUT2D eigenvalue weighted by Crippen LogP contribution is -2.39. The van der Waals surface area contributed by atoms with Gasteiger partial charge in [0.1, 0.15) is 5.75 Å². The standard InChI is InChI=1S/C30H37N3O4S/c1-5-30-17-25(30)24-16-21(37-4)12-14-22(24)28-27(19-9-7-6-8-10-19)23-13-11-20(15-26(23)33(28)18-30)29(34)31-38(35,36)32(2)3/h11-16,19,25H,5-10,17-18H2,1-4H3,(H,31,34)/t25-,30+/m0/s1. The van der Waals surface area contributed by atoms with Crippen molar-refractivity contribution < 1.29 is 17.9 Å². The summed E-state index contributed by atoms with van der Waals surface area (Å²) in [6, 6.07) is 12.3. The maximum atomic E-state index is 13.1. The van der Waals surface area contributed by atoms with Crippen molar-refractivity contribution in [1.29, 1.82) is 0 Å². The van der Waals surface area contributed by atoms with Gasteiger partial charge in [0.2, 0.25) is 0 Å². The van der Waals surface area contributed by atoms with Crippen LogP contribution in [0.15, 0.2) is 36.4 Å². The Morgan fingerprint density at radius 2 is 1.89 bits per heavy atom. The molecule has 1 aliphatic heterocycles. The highest BCUT2D eigenvalue weighted by Crippen LogP contribution is 2.67. The van der Waals surface area contributed by atoms with E-state index in [9.17, 15) is 13.2 Å². The van der Waals surface area contributed by atoms with Gasteiger partial charge in [-0.1, -0.05) is 32.3 Å². The molecule has 3 aromatic rings. The van der Waals surface area contributed by atoms with Crippen LogP contribution in [0.25, 0.3) is 22.2 Å². The normalized spacial score (nSPS) is 22.9. The van der Waals surface area contributed by atoms with Crippen LogP contribution in [0.3, 0.4) is 0 Å². The van der Waals surface area contributed by atoms with Crippen molar-refractivity contribution in [2.24, 2.45) is 5.41 Å². The van der Waals surface area contributed by atoms with E-state index in [0.29, 0.717) is 17.4 Å². The highest BCUT2D eigenvalue weighted by Gasteiger charge is 2.56. The van der Waals surface area contributed by atoms with Crippen molar-refractivity contribution in [1.82, 2.24) is 13.6 Å². The number of carbonyl (C=O) groups is 1. The van der Waals surface area contributed by atoms with Gasteiger partial charge in [0.15, 0.2) is 0 Å². The van der Waals surface area contributed by atoms with Gasteiger partial charge in [-0.15, -0.1) is 0 Å². The maximum Gasteiger partial charge on any atom is 0.303 e. The SMILES string of the molecule is CC[C@]12C[C@H]1c1cc(OC)ccc1-c1c(C3CCCCC3)c3ccc(C(=O)NS(=O)(=O)N(C)C)cc3n1C2. The zero-order valence-corrected chi connectivity index (χ0v) is 23.5. The second-order valence-electron chi connectivity index (χ2n) is 11.6. The fourth-order valence-electron chi connectivity index (χ4n) is 7.00. The molecule has 3 aliphatic rings. The van der Waals surface area contributed by atoms with E-state index < -0.39 is 16.1 Å². The van der Waals surface area contributed by atoms with Crippen LogP contribution in [-0.4, -0.2) is 44.4 Å². The first kappa shape index (κ1) is 25.4. The number of benzene rings is 2. The Labute approximate surface area is 225 Å². The Morgan fingerprint density at radius 3 is 2.58 bits per heavy atom. The number of carbonyl (C=O) groups excluding carboxylic acids is 1. The molecule has 2 fully saturated rings. The van der Waals surface area contributed by atoms with E-state index in [0.717, 1.165) is 35.0 Å². The van der Waals surface area contributed by atoms with Gasteiger partial charge < -0.3 is 9.30 Å². The van der Waals surface area contributed by atoms with Crippen LogP contribution in [0, 0.1) is 5.41 Å². The van der Waals surface area contributed by atoms with Gasteiger partial charge in [-0.2, -0.15) is 12.7 Å². The summed E-state index contributed by atoms with van der Waals surface area (Å²) >= 11 is 0. The molecule has 0 saturated heterocycles. The zero-order chi connectivity index (χ0) is 26.8. The van der Waals surface area contributed by atoms with Crippen LogP contribution in [0.4, 0.5) is 0 Å². The molecule has 0 spiro atoms. The van der Waals surface area contributed by atoms with E-state index in [1.165, 1.54) is 74.0 Å². The summed E-state index contributed by atoms with van der Waals surface area (Å²) in [5, 5.41) is 1.19. The summed E-state index contributed by atoms with van der Waals surface area (Å²) in [6.07, 6.45) is 8.31. The Morgan fingerprint density at radius 1 is 1.13 bits per heavy atom. The number of aromatic nitrogens is 1. The van der Waals surface area contributed by atoms with Crippen LogP contribution in [0.5, 0.6) is 5.75 Å². The highest BCUT2D eigenvalue weighted by atomic mass is 32.2. The molecule has 0 bridgehead atoms. The topological polar surface area (TPSA) is 80.6 Å². The quantitative estimate of drug-likeness (QED) is 0.433. The molecule has 2 saturated carbocycles. The van der Waals surface area contributed by atoms with E-state index in [1.54, 1.807) is 13.2 Å². The molecular formula is C30H37N3O4S. The van der Waals surface area contributed by atoms with E-state index in [-0.39, 0.29) is 5.41 Å². The van der Waals surface area contributed by atoms with Gasteiger partial charge >= 0.3 is 10.2 Å². The summed E-state index contributed by atoms with van der Waals surface area (Å²) in [4.78, 5) is 13.1. The van der Waals surface area contributed by atoms with E-state index in [4.69, 9.17) is 4.74 Å². The van der Waals surface area contributed by atoms with Crippen molar-refractivity contribution in [2.45, 2.75) is 70.3 Å². The molecule has 202 valence electrons. The van der Waals surface area contributed by atoms with Gasteiger partial charge in [0.25, 0.3) is 5.91 Å². The number of ether oxygens (including phenoxy) is 1. The number of hydrogen-bond donors (Lipinski definition) is 1. The largest absolute Gasteiger partial charge is 0.497 e. The monoisotopic (exact) mass is 535 g/mol. The van der Waals surface area contributed by atoms with Gasteiger partial charge in [0.05, 0.1) is 12.8 Å². The van der Waals surface area contributed by atoms with Crippen molar-refractivity contribution in [3.63, 3.8) is 0 Å². The van der Waals surface area contributed by atoms with E-state index in [1.807, 2.05) is 12.1 Å². The van der Waals surface area contributed by atoms with Crippen molar-refractivity contribution in [3.8, 4) is 17.0 Å². The van der Waals surface area contributed by atoms with Gasteiger partial charge in [-0.05, 0) is 84.4 Å². The first-order chi connectivity index (χ1) is 18.2. The molecule has 2 heterocycles. The average molecular weight is 536 g/mol. The van der Waals surface area contributed by atoms with Crippen LogP contribution in [0.1, 0.15) is 85.2 Å². The second-order valence-corrected chi connectivity index (χ2v) is 13.4. The minimum Gasteiger partial charge on any atom is -0.497 e. The summed E-state index contributed by atoms with van der Waals surface area (Å²) < 4.78 is 36.0. The number of nitrogens with one attached hydrogen (secondary N) is 1. The fraction of sp³-hybridized carbons (Fsp3) is 0.500. The lowest BCUT2D eigenvalue weighted by atomic mass is 9.81. The molecule has 2 aromatic carbocycles. The van der Waals surface area contributed by atoms with Gasteiger partial charge in [-0.25, -0.2) is 4.72 Å². The first-order valence-electron chi connectivity index (χ1n) is 13.8. The summed E-state index contributed by atoms with van der Waals surface area (Å²) in [7, 11) is 0.662. The summed E-state index contributed by atoms with van der Waals surface area (Å²) in [5.74, 6) is 1.25. The van der Waals surface area contributed by atoms with Gasteiger partial charge in [0, 0.05) is 42.7 Å². The van der Waals surface area contributed by atoms with Gasteiger partial charge in [-0.3, -0.25) is 4.79 Å². The molecule has 0 unspecified atom stereocenters. The van der Waals surface area contributed by atoms with Crippen LogP contribution in [0.2, 0.25) is 0 Å². The predicted molar refractivity (Wildman–Crippen MR) is 150 cm³/mol. The molecule has 6 rings (SSSR count). The Kier molecular flexibility index (Phi) is 6.11. The lowest BCUT2D eigenvalue weighted by Gasteiger charge is -2.24. The van der Waals surface area contributed by atoms with Crippen molar-refractivity contribution in [2.75, 3.05) is 21.2 Å². The second kappa shape index (κ2) is 9.12. The summed E-state index contributed by atoms with van der Waals surface area (Å²) in [5.41, 5.74) is 6.89. The number of nitrogens with zero attached hydrogens (tertiary/aromatic N) is 2. The number of methoxy groups -OCH3 is 1. The Hall–Kier alpha value is -2.84. The molecular weight excluding hydrogens is 498 g/mol. The van der Waals surface area contributed by atoms with Crippen LogP contribution < -0.4 is 9.46 Å². The third-order valence-corrected chi connectivity index (χ3v) is 10.7. The van der Waals surface area contributed by atoms with Crippen molar-refractivity contribution in [3.05, 3.63) is 53.1 Å². The minimum atomic E-state index is -3.88.